The van der Waals surface area contributed by atoms with Gasteiger partial charge in [-0.1, -0.05) is 49.8 Å². The van der Waals surface area contributed by atoms with E-state index in [0.717, 1.165) is 17.7 Å². The molecule has 0 saturated carbocycles. The molecule has 0 unspecified atom stereocenters. The zero-order valence-corrected chi connectivity index (χ0v) is 12.5. The Bertz CT molecular complexity index is 469. The molecule has 0 heterocycles. The molecule has 1 aliphatic rings. The van der Waals surface area contributed by atoms with E-state index in [2.05, 4.69) is 42.5 Å². The van der Waals surface area contributed by atoms with Crippen molar-refractivity contribution in [2.75, 3.05) is 12.4 Å². The largest absolute Gasteiger partial charge is 0.250 e. The van der Waals surface area contributed by atoms with Crippen molar-refractivity contribution >= 4 is 11.8 Å². The van der Waals surface area contributed by atoms with Crippen LogP contribution in [0.4, 0.5) is 4.39 Å². The van der Waals surface area contributed by atoms with E-state index in [1.807, 2.05) is 25.6 Å². The summed E-state index contributed by atoms with van der Waals surface area (Å²) in [4.78, 5) is 1.26. The first-order valence-corrected chi connectivity index (χ1v) is 7.74. The number of halogens is 1. The van der Waals surface area contributed by atoms with Crippen molar-refractivity contribution in [3.05, 3.63) is 53.6 Å². The molecular formula is C17H21FS. The van der Waals surface area contributed by atoms with Crippen molar-refractivity contribution in [1.82, 2.24) is 0 Å². The quantitative estimate of drug-likeness (QED) is 0.657. The van der Waals surface area contributed by atoms with Crippen LogP contribution in [0.5, 0.6) is 0 Å². The van der Waals surface area contributed by atoms with Crippen LogP contribution in [0.1, 0.15) is 32.3 Å². The molecule has 1 aliphatic carbocycles. The van der Waals surface area contributed by atoms with Gasteiger partial charge >= 0.3 is 0 Å². The SMILES string of the molecule is CC(C)(CF)c1ccc(SCC2=CC=CCC2)cc1. The summed E-state index contributed by atoms with van der Waals surface area (Å²) >= 11 is 1.86. The van der Waals surface area contributed by atoms with Gasteiger partial charge in [0.05, 0.1) is 6.67 Å². The highest BCUT2D eigenvalue weighted by molar-refractivity contribution is 7.99. The number of hydrogen-bond acceptors (Lipinski definition) is 1. The summed E-state index contributed by atoms with van der Waals surface area (Å²) in [6, 6.07) is 8.32. The predicted octanol–water partition coefficient (Wildman–Crippen LogP) is 5.30. The van der Waals surface area contributed by atoms with E-state index in [9.17, 15) is 4.39 Å². The normalized spacial score (nSPS) is 15.4. The summed E-state index contributed by atoms with van der Waals surface area (Å²) < 4.78 is 12.9. The van der Waals surface area contributed by atoms with E-state index in [4.69, 9.17) is 0 Å². The fourth-order valence-corrected chi connectivity index (χ4v) is 2.95. The zero-order chi connectivity index (χ0) is 13.7. The van der Waals surface area contributed by atoms with E-state index in [0.29, 0.717) is 0 Å². The van der Waals surface area contributed by atoms with Crippen LogP contribution in [0.2, 0.25) is 0 Å². The standard InChI is InChI=1S/C17H21FS/c1-17(2,13-18)15-8-10-16(11-9-15)19-12-14-6-4-3-5-7-14/h3-4,6,8-11H,5,7,12-13H2,1-2H3. The second-order valence-electron chi connectivity index (χ2n) is 5.62. The lowest BCUT2D eigenvalue weighted by Crippen LogP contribution is -2.19. The number of allylic oxidation sites excluding steroid dienone is 3. The van der Waals surface area contributed by atoms with Crippen molar-refractivity contribution in [2.24, 2.45) is 0 Å². The average molecular weight is 276 g/mol. The van der Waals surface area contributed by atoms with Crippen LogP contribution in [0.25, 0.3) is 0 Å². The molecule has 0 aliphatic heterocycles. The maximum absolute atomic E-state index is 12.9. The minimum Gasteiger partial charge on any atom is -0.250 e. The van der Waals surface area contributed by atoms with Gasteiger partial charge in [-0.3, -0.25) is 4.39 Å². The second kappa shape index (κ2) is 6.42. The molecule has 2 rings (SSSR count). The third kappa shape index (κ3) is 3.97. The molecule has 0 bridgehead atoms. The van der Waals surface area contributed by atoms with Crippen molar-refractivity contribution in [2.45, 2.75) is 37.0 Å². The summed E-state index contributed by atoms with van der Waals surface area (Å²) in [6.07, 6.45) is 8.91. The number of thioether (sulfide) groups is 1. The molecule has 0 spiro atoms. The van der Waals surface area contributed by atoms with Crippen molar-refractivity contribution in [3.8, 4) is 0 Å². The summed E-state index contributed by atoms with van der Waals surface area (Å²) in [5.74, 6) is 1.05. The Kier molecular flexibility index (Phi) is 4.87. The van der Waals surface area contributed by atoms with Crippen LogP contribution in [0.3, 0.4) is 0 Å². The number of rotatable bonds is 5. The van der Waals surface area contributed by atoms with Crippen molar-refractivity contribution in [3.63, 3.8) is 0 Å². The van der Waals surface area contributed by atoms with Crippen LogP contribution in [0.15, 0.2) is 53.0 Å². The Balaban J connectivity index is 1.95. The highest BCUT2D eigenvalue weighted by Gasteiger charge is 2.19. The molecule has 1 aromatic carbocycles. The lowest BCUT2D eigenvalue weighted by Gasteiger charge is -2.21. The fraction of sp³-hybridized carbons (Fsp3) is 0.412. The molecule has 0 aromatic heterocycles. The first kappa shape index (κ1) is 14.4. The molecule has 19 heavy (non-hydrogen) atoms. The molecule has 0 atom stereocenters. The van der Waals surface area contributed by atoms with E-state index >= 15 is 0 Å². The number of alkyl halides is 1. The predicted molar refractivity (Wildman–Crippen MR) is 82.6 cm³/mol. The van der Waals surface area contributed by atoms with Gasteiger partial charge in [-0.05, 0) is 30.5 Å². The molecule has 2 heteroatoms. The molecule has 0 amide bonds. The number of hydrogen-bond donors (Lipinski definition) is 0. The van der Waals surface area contributed by atoms with Gasteiger partial charge in [0.2, 0.25) is 0 Å². The Morgan fingerprint density at radius 2 is 1.95 bits per heavy atom. The first-order chi connectivity index (χ1) is 9.12. The van der Waals surface area contributed by atoms with Gasteiger partial charge in [0, 0.05) is 16.1 Å². The third-order valence-corrected chi connectivity index (χ3v) is 4.61. The van der Waals surface area contributed by atoms with E-state index in [1.54, 1.807) is 0 Å². The third-order valence-electron chi connectivity index (χ3n) is 3.49. The van der Waals surface area contributed by atoms with E-state index in [-0.39, 0.29) is 12.1 Å². The average Bonchev–Trinajstić information content (AvgIpc) is 2.47. The topological polar surface area (TPSA) is 0 Å². The molecule has 102 valence electrons. The molecule has 0 radical (unpaired) electrons. The summed E-state index contributed by atoms with van der Waals surface area (Å²) in [5, 5.41) is 0. The van der Waals surface area contributed by atoms with Gasteiger partial charge in [0.1, 0.15) is 0 Å². The van der Waals surface area contributed by atoms with Crippen LogP contribution < -0.4 is 0 Å². The molecule has 1 aromatic rings. The highest BCUT2D eigenvalue weighted by Crippen LogP contribution is 2.28. The second-order valence-corrected chi connectivity index (χ2v) is 6.67. The Morgan fingerprint density at radius 3 is 2.53 bits per heavy atom. The molecule has 0 fully saturated rings. The Labute approximate surface area is 119 Å². The molecule has 0 saturated heterocycles. The van der Waals surface area contributed by atoms with Gasteiger partial charge in [-0.2, -0.15) is 0 Å². The smallest absolute Gasteiger partial charge is 0.0985 e. The van der Waals surface area contributed by atoms with E-state index in [1.165, 1.54) is 16.9 Å². The number of benzene rings is 1. The van der Waals surface area contributed by atoms with Crippen molar-refractivity contribution in [1.29, 1.82) is 0 Å². The Morgan fingerprint density at radius 1 is 1.21 bits per heavy atom. The summed E-state index contributed by atoms with van der Waals surface area (Å²) in [6.45, 7) is 3.56. The minimum atomic E-state index is -0.375. The fourth-order valence-electron chi connectivity index (χ4n) is 2.03. The van der Waals surface area contributed by atoms with Gasteiger partial charge < -0.3 is 0 Å². The molecule has 0 N–H and O–H groups in total. The van der Waals surface area contributed by atoms with Gasteiger partial charge in [0.25, 0.3) is 0 Å². The van der Waals surface area contributed by atoms with Crippen LogP contribution in [0, 0.1) is 0 Å². The molecular weight excluding hydrogens is 255 g/mol. The Hall–Kier alpha value is -1.02. The van der Waals surface area contributed by atoms with Crippen LogP contribution >= 0.6 is 11.8 Å². The van der Waals surface area contributed by atoms with E-state index < -0.39 is 0 Å². The minimum absolute atomic E-state index is 0.321. The maximum atomic E-state index is 12.9. The van der Waals surface area contributed by atoms with Gasteiger partial charge in [0.15, 0.2) is 0 Å². The lowest BCUT2D eigenvalue weighted by atomic mass is 9.86. The zero-order valence-electron chi connectivity index (χ0n) is 11.7. The molecule has 0 nitrogen and oxygen atoms in total. The first-order valence-electron chi connectivity index (χ1n) is 6.76. The highest BCUT2D eigenvalue weighted by atomic mass is 32.2. The van der Waals surface area contributed by atoms with Crippen LogP contribution in [-0.4, -0.2) is 12.4 Å². The van der Waals surface area contributed by atoms with Gasteiger partial charge in [-0.25, -0.2) is 0 Å². The monoisotopic (exact) mass is 276 g/mol. The summed E-state index contributed by atoms with van der Waals surface area (Å²) in [7, 11) is 0. The maximum Gasteiger partial charge on any atom is 0.0985 e. The summed E-state index contributed by atoms with van der Waals surface area (Å²) in [5.41, 5.74) is 2.19. The van der Waals surface area contributed by atoms with Gasteiger partial charge in [-0.15, -0.1) is 11.8 Å². The lowest BCUT2D eigenvalue weighted by molar-refractivity contribution is 0.351. The van der Waals surface area contributed by atoms with Crippen molar-refractivity contribution < 1.29 is 4.39 Å². The van der Waals surface area contributed by atoms with Crippen LogP contribution in [-0.2, 0) is 5.41 Å².